The molecular formula is C16H15BrFNO. The van der Waals surface area contributed by atoms with E-state index in [9.17, 15) is 9.18 Å². The van der Waals surface area contributed by atoms with Gasteiger partial charge in [0.05, 0.1) is 5.56 Å². The first kappa shape index (κ1) is 14.7. The molecule has 0 radical (unpaired) electrons. The van der Waals surface area contributed by atoms with Gasteiger partial charge in [-0.25, -0.2) is 4.39 Å². The Morgan fingerprint density at radius 1 is 1.20 bits per heavy atom. The first-order valence-electron chi connectivity index (χ1n) is 6.36. The number of carbonyl (C=O) groups is 1. The lowest BCUT2D eigenvalue weighted by Crippen LogP contribution is -2.30. The Labute approximate surface area is 126 Å². The predicted octanol–water partition coefficient (Wildman–Crippen LogP) is 4.56. The van der Waals surface area contributed by atoms with E-state index in [2.05, 4.69) is 15.9 Å². The number of amides is 1. The Hall–Kier alpha value is -1.68. The quantitative estimate of drug-likeness (QED) is 0.804. The Bertz CT molecular complexity index is 625. The van der Waals surface area contributed by atoms with Crippen molar-refractivity contribution < 1.29 is 9.18 Å². The van der Waals surface area contributed by atoms with Crippen LogP contribution < -0.4 is 4.90 Å². The molecule has 1 amide bonds. The first-order chi connectivity index (χ1) is 9.52. The molecule has 0 spiro atoms. The first-order valence-corrected chi connectivity index (χ1v) is 7.16. The fraction of sp³-hybridized carbons (Fsp3) is 0.188. The van der Waals surface area contributed by atoms with E-state index in [1.807, 2.05) is 32.0 Å². The summed E-state index contributed by atoms with van der Waals surface area (Å²) < 4.78 is 13.7. The molecule has 0 bridgehead atoms. The van der Waals surface area contributed by atoms with Gasteiger partial charge in [-0.1, -0.05) is 11.6 Å². The van der Waals surface area contributed by atoms with Gasteiger partial charge < -0.3 is 4.90 Å². The fourth-order valence-corrected chi connectivity index (χ4v) is 2.43. The summed E-state index contributed by atoms with van der Waals surface area (Å²) in [6, 6.07) is 11.6. The van der Waals surface area contributed by atoms with Crippen molar-refractivity contribution in [1.29, 1.82) is 0 Å². The lowest BCUT2D eigenvalue weighted by atomic mass is 10.1. The van der Waals surface area contributed by atoms with Crippen molar-refractivity contribution in [1.82, 2.24) is 0 Å². The molecule has 0 aliphatic rings. The minimum Gasteiger partial charge on any atom is -0.309 e. The number of hydrogen-bond donors (Lipinski definition) is 0. The molecule has 0 atom stereocenters. The number of anilines is 1. The van der Waals surface area contributed by atoms with Crippen LogP contribution in [0.15, 0.2) is 46.9 Å². The van der Waals surface area contributed by atoms with Crippen LogP contribution in [-0.2, 0) is 0 Å². The topological polar surface area (TPSA) is 20.3 Å². The van der Waals surface area contributed by atoms with E-state index < -0.39 is 0 Å². The number of benzene rings is 2. The van der Waals surface area contributed by atoms with Crippen LogP contribution in [0.4, 0.5) is 10.1 Å². The predicted molar refractivity (Wildman–Crippen MR) is 82.6 cm³/mol. The smallest absolute Gasteiger partial charge is 0.259 e. The van der Waals surface area contributed by atoms with E-state index >= 15 is 0 Å². The summed E-state index contributed by atoms with van der Waals surface area (Å²) in [5, 5.41) is 0. The Morgan fingerprint density at radius 3 is 2.45 bits per heavy atom. The van der Waals surface area contributed by atoms with Crippen LogP contribution >= 0.6 is 15.9 Å². The minimum atomic E-state index is -0.311. The van der Waals surface area contributed by atoms with Crippen LogP contribution in [0.25, 0.3) is 0 Å². The van der Waals surface area contributed by atoms with Crippen molar-refractivity contribution >= 4 is 27.5 Å². The van der Waals surface area contributed by atoms with Gasteiger partial charge in [0.2, 0.25) is 0 Å². The van der Waals surface area contributed by atoms with Crippen molar-refractivity contribution in [3.05, 3.63) is 63.9 Å². The summed E-state index contributed by atoms with van der Waals surface area (Å²) in [7, 11) is 0. The van der Waals surface area contributed by atoms with Gasteiger partial charge in [-0.15, -0.1) is 0 Å². The van der Waals surface area contributed by atoms with Crippen LogP contribution in [0.3, 0.4) is 0 Å². The molecule has 104 valence electrons. The molecule has 0 fully saturated rings. The van der Waals surface area contributed by atoms with Crippen LogP contribution in [0.5, 0.6) is 0 Å². The van der Waals surface area contributed by atoms with Crippen molar-refractivity contribution in [2.45, 2.75) is 13.8 Å². The van der Waals surface area contributed by atoms with Gasteiger partial charge in [0.1, 0.15) is 5.82 Å². The highest BCUT2D eigenvalue weighted by atomic mass is 79.9. The summed E-state index contributed by atoms with van der Waals surface area (Å²) in [5.74, 6) is -0.413. The number of halogens is 2. The molecular weight excluding hydrogens is 321 g/mol. The fourth-order valence-electron chi connectivity index (χ4n) is 2.01. The zero-order valence-corrected chi connectivity index (χ0v) is 12.9. The number of carbonyl (C=O) groups excluding carboxylic acids is 1. The minimum absolute atomic E-state index is 0.102. The molecule has 20 heavy (non-hydrogen) atoms. The molecule has 0 aromatic heterocycles. The van der Waals surface area contributed by atoms with Gasteiger partial charge in [-0.3, -0.25) is 4.79 Å². The number of rotatable bonds is 3. The van der Waals surface area contributed by atoms with Crippen LogP contribution in [0, 0.1) is 12.7 Å². The lowest BCUT2D eigenvalue weighted by molar-refractivity contribution is 0.0987. The lowest BCUT2D eigenvalue weighted by Gasteiger charge is -2.22. The van der Waals surface area contributed by atoms with E-state index in [0.717, 1.165) is 10.0 Å². The average Bonchev–Trinajstić information content (AvgIpc) is 2.44. The standard InChI is InChI=1S/C16H15BrFNO/c1-3-19(13-7-5-12(18)6-8-13)16(20)14-10-11(2)4-9-15(14)17/h4-10H,3H2,1-2H3. The van der Waals surface area contributed by atoms with Crippen molar-refractivity contribution in [3.8, 4) is 0 Å². The summed E-state index contributed by atoms with van der Waals surface area (Å²) in [4.78, 5) is 14.3. The third kappa shape index (κ3) is 3.07. The zero-order chi connectivity index (χ0) is 14.7. The Morgan fingerprint density at radius 2 is 1.85 bits per heavy atom. The van der Waals surface area contributed by atoms with Gasteiger partial charge >= 0.3 is 0 Å². The van der Waals surface area contributed by atoms with Crippen LogP contribution in [0.1, 0.15) is 22.8 Å². The second kappa shape index (κ2) is 6.18. The molecule has 0 N–H and O–H groups in total. The highest BCUT2D eigenvalue weighted by molar-refractivity contribution is 9.10. The third-order valence-electron chi connectivity index (χ3n) is 3.05. The third-order valence-corrected chi connectivity index (χ3v) is 3.74. The van der Waals surface area contributed by atoms with Crippen molar-refractivity contribution in [2.24, 2.45) is 0 Å². The summed E-state index contributed by atoms with van der Waals surface area (Å²) >= 11 is 3.41. The van der Waals surface area contributed by atoms with E-state index in [0.29, 0.717) is 17.8 Å². The van der Waals surface area contributed by atoms with Gasteiger partial charge in [-0.05, 0) is 66.2 Å². The van der Waals surface area contributed by atoms with E-state index in [-0.39, 0.29) is 11.7 Å². The highest BCUT2D eigenvalue weighted by Gasteiger charge is 2.18. The molecule has 2 aromatic rings. The van der Waals surface area contributed by atoms with Crippen molar-refractivity contribution in [2.75, 3.05) is 11.4 Å². The van der Waals surface area contributed by atoms with Gasteiger partial charge in [0.25, 0.3) is 5.91 Å². The summed E-state index contributed by atoms with van der Waals surface area (Å²) in [5.41, 5.74) is 2.31. The second-order valence-electron chi connectivity index (χ2n) is 4.51. The van der Waals surface area contributed by atoms with E-state index in [4.69, 9.17) is 0 Å². The average molecular weight is 336 g/mol. The van der Waals surface area contributed by atoms with Gasteiger partial charge in [0, 0.05) is 16.7 Å². The van der Waals surface area contributed by atoms with E-state index in [1.165, 1.54) is 12.1 Å². The number of nitrogens with zero attached hydrogens (tertiary/aromatic N) is 1. The van der Waals surface area contributed by atoms with Crippen LogP contribution in [-0.4, -0.2) is 12.5 Å². The molecule has 0 heterocycles. The second-order valence-corrected chi connectivity index (χ2v) is 5.36. The maximum absolute atomic E-state index is 13.0. The van der Waals surface area contributed by atoms with Crippen LogP contribution in [0.2, 0.25) is 0 Å². The summed E-state index contributed by atoms with van der Waals surface area (Å²) in [6.45, 7) is 4.35. The maximum atomic E-state index is 13.0. The van der Waals surface area contributed by atoms with Gasteiger partial charge in [0.15, 0.2) is 0 Å². The SMILES string of the molecule is CCN(C(=O)c1cc(C)ccc1Br)c1ccc(F)cc1. The van der Waals surface area contributed by atoms with Crippen molar-refractivity contribution in [3.63, 3.8) is 0 Å². The largest absolute Gasteiger partial charge is 0.309 e. The molecule has 0 saturated carbocycles. The monoisotopic (exact) mass is 335 g/mol. The number of aryl methyl sites for hydroxylation is 1. The molecule has 2 aromatic carbocycles. The summed E-state index contributed by atoms with van der Waals surface area (Å²) in [6.07, 6.45) is 0. The molecule has 0 aliphatic heterocycles. The molecule has 0 saturated heterocycles. The molecule has 4 heteroatoms. The Kier molecular flexibility index (Phi) is 4.55. The maximum Gasteiger partial charge on any atom is 0.259 e. The Balaban J connectivity index is 2.38. The number of hydrogen-bond acceptors (Lipinski definition) is 1. The normalized spacial score (nSPS) is 10.4. The molecule has 0 unspecified atom stereocenters. The highest BCUT2D eigenvalue weighted by Crippen LogP contribution is 2.23. The van der Waals surface area contributed by atoms with Gasteiger partial charge in [-0.2, -0.15) is 0 Å². The van der Waals surface area contributed by atoms with E-state index in [1.54, 1.807) is 17.0 Å². The molecule has 2 nitrogen and oxygen atoms in total. The zero-order valence-electron chi connectivity index (χ0n) is 11.4. The molecule has 0 aliphatic carbocycles. The molecule has 2 rings (SSSR count).